The summed E-state index contributed by atoms with van der Waals surface area (Å²) >= 11 is 0. The van der Waals surface area contributed by atoms with Gasteiger partial charge in [-0.25, -0.2) is 0 Å². The molecule has 2 N–H and O–H groups in total. The topological polar surface area (TPSA) is 35.2 Å². The first-order chi connectivity index (χ1) is 5.74. The summed E-state index contributed by atoms with van der Waals surface area (Å²) in [6.45, 7) is 5.89. The number of ether oxygens (including phenoxy) is 1. The molecule has 0 radical (unpaired) electrons. The average molecular weight is 171 g/mol. The van der Waals surface area contributed by atoms with Gasteiger partial charge in [0, 0.05) is 13.2 Å². The number of nitrogens with two attached hydrogens (primary N) is 1. The lowest BCUT2D eigenvalue weighted by Gasteiger charge is -2.19. The summed E-state index contributed by atoms with van der Waals surface area (Å²) in [6, 6.07) is 0. The van der Waals surface area contributed by atoms with Crippen LogP contribution in [-0.4, -0.2) is 19.3 Å². The van der Waals surface area contributed by atoms with E-state index in [9.17, 15) is 0 Å². The zero-order chi connectivity index (χ0) is 8.97. The lowest BCUT2D eigenvalue weighted by molar-refractivity contribution is 0.0253. The van der Waals surface area contributed by atoms with E-state index in [0.29, 0.717) is 12.5 Å². The molecule has 0 aromatic heterocycles. The van der Waals surface area contributed by atoms with Crippen molar-refractivity contribution in [3.05, 3.63) is 0 Å². The molecule has 0 aromatic carbocycles. The first kappa shape index (κ1) is 10.0. The minimum atomic E-state index is 0.267. The highest BCUT2D eigenvalue weighted by Gasteiger charge is 2.21. The van der Waals surface area contributed by atoms with E-state index in [1.54, 1.807) is 0 Å². The minimum Gasteiger partial charge on any atom is -0.377 e. The van der Waals surface area contributed by atoms with Crippen molar-refractivity contribution in [2.45, 2.75) is 39.2 Å². The molecule has 1 atom stereocenters. The lowest BCUT2D eigenvalue weighted by atomic mass is 10.1. The van der Waals surface area contributed by atoms with Crippen LogP contribution in [0.15, 0.2) is 0 Å². The van der Waals surface area contributed by atoms with E-state index in [2.05, 4.69) is 13.8 Å². The van der Waals surface area contributed by atoms with Gasteiger partial charge < -0.3 is 10.5 Å². The highest BCUT2D eigenvalue weighted by molar-refractivity contribution is 4.73. The Morgan fingerprint density at radius 1 is 1.42 bits per heavy atom. The third-order valence-corrected chi connectivity index (χ3v) is 2.53. The summed E-state index contributed by atoms with van der Waals surface area (Å²) in [5.41, 5.74) is 5.58. The van der Waals surface area contributed by atoms with E-state index in [1.165, 1.54) is 19.3 Å². The molecule has 1 fully saturated rings. The van der Waals surface area contributed by atoms with E-state index >= 15 is 0 Å². The van der Waals surface area contributed by atoms with E-state index < -0.39 is 0 Å². The number of hydrogen-bond donors (Lipinski definition) is 1. The second kappa shape index (κ2) is 4.83. The maximum Gasteiger partial charge on any atom is 0.0720 e. The number of rotatable bonds is 6. The normalized spacial score (nSPS) is 20.0. The molecule has 0 aliphatic heterocycles. The highest BCUT2D eigenvalue weighted by atomic mass is 16.5. The van der Waals surface area contributed by atoms with Crippen molar-refractivity contribution in [1.29, 1.82) is 0 Å². The molecule has 0 spiro atoms. The molecule has 0 amide bonds. The SMILES string of the molecule is CC(C)C(CN)OCCC1CC1. The zero-order valence-electron chi connectivity index (χ0n) is 8.25. The van der Waals surface area contributed by atoms with Gasteiger partial charge in [-0.05, 0) is 18.3 Å². The third kappa shape index (κ3) is 3.55. The summed E-state index contributed by atoms with van der Waals surface area (Å²) in [4.78, 5) is 0. The van der Waals surface area contributed by atoms with E-state index in [0.717, 1.165) is 12.5 Å². The summed E-state index contributed by atoms with van der Waals surface area (Å²) in [5.74, 6) is 1.52. The van der Waals surface area contributed by atoms with Gasteiger partial charge in [-0.3, -0.25) is 0 Å². The van der Waals surface area contributed by atoms with Crippen LogP contribution in [0.4, 0.5) is 0 Å². The van der Waals surface area contributed by atoms with Gasteiger partial charge in [0.15, 0.2) is 0 Å². The molecular weight excluding hydrogens is 150 g/mol. The lowest BCUT2D eigenvalue weighted by Crippen LogP contribution is -2.29. The Morgan fingerprint density at radius 3 is 2.50 bits per heavy atom. The Hall–Kier alpha value is -0.0800. The van der Waals surface area contributed by atoms with Crippen LogP contribution >= 0.6 is 0 Å². The molecule has 1 rings (SSSR count). The van der Waals surface area contributed by atoms with Gasteiger partial charge in [-0.2, -0.15) is 0 Å². The van der Waals surface area contributed by atoms with Crippen LogP contribution in [-0.2, 0) is 4.74 Å². The predicted molar refractivity (Wildman–Crippen MR) is 51.0 cm³/mol. The van der Waals surface area contributed by atoms with Gasteiger partial charge >= 0.3 is 0 Å². The van der Waals surface area contributed by atoms with E-state index in [-0.39, 0.29) is 6.10 Å². The van der Waals surface area contributed by atoms with Crippen LogP contribution in [0.3, 0.4) is 0 Å². The molecule has 2 heteroatoms. The van der Waals surface area contributed by atoms with Gasteiger partial charge in [-0.1, -0.05) is 26.7 Å². The first-order valence-corrected chi connectivity index (χ1v) is 5.05. The monoisotopic (exact) mass is 171 g/mol. The van der Waals surface area contributed by atoms with Gasteiger partial charge in [0.25, 0.3) is 0 Å². The fraction of sp³-hybridized carbons (Fsp3) is 1.00. The summed E-state index contributed by atoms with van der Waals surface area (Å²) in [7, 11) is 0. The van der Waals surface area contributed by atoms with Gasteiger partial charge in [0.05, 0.1) is 6.10 Å². The van der Waals surface area contributed by atoms with Crippen molar-refractivity contribution < 1.29 is 4.74 Å². The molecule has 12 heavy (non-hydrogen) atoms. The van der Waals surface area contributed by atoms with Crippen molar-refractivity contribution in [3.63, 3.8) is 0 Å². The molecular formula is C10H21NO. The Kier molecular flexibility index (Phi) is 4.02. The van der Waals surface area contributed by atoms with Gasteiger partial charge in [0.1, 0.15) is 0 Å². The number of hydrogen-bond acceptors (Lipinski definition) is 2. The van der Waals surface area contributed by atoms with Crippen LogP contribution in [0.2, 0.25) is 0 Å². The Bertz CT molecular complexity index is 121. The van der Waals surface area contributed by atoms with Crippen LogP contribution in [0, 0.1) is 11.8 Å². The highest BCUT2D eigenvalue weighted by Crippen LogP contribution is 2.32. The van der Waals surface area contributed by atoms with Crippen LogP contribution in [0.1, 0.15) is 33.1 Å². The smallest absolute Gasteiger partial charge is 0.0720 e. The van der Waals surface area contributed by atoms with Gasteiger partial charge in [0.2, 0.25) is 0 Å². The summed E-state index contributed by atoms with van der Waals surface area (Å²) in [6.07, 6.45) is 4.34. The molecule has 72 valence electrons. The molecule has 0 saturated heterocycles. The molecule has 1 aliphatic carbocycles. The molecule has 1 unspecified atom stereocenters. The molecule has 0 bridgehead atoms. The van der Waals surface area contributed by atoms with Crippen molar-refractivity contribution in [3.8, 4) is 0 Å². The quantitative estimate of drug-likeness (QED) is 0.661. The largest absolute Gasteiger partial charge is 0.377 e. The molecule has 2 nitrogen and oxygen atoms in total. The summed E-state index contributed by atoms with van der Waals surface area (Å²) < 4.78 is 5.68. The van der Waals surface area contributed by atoms with Crippen molar-refractivity contribution in [1.82, 2.24) is 0 Å². The molecule has 0 heterocycles. The summed E-state index contributed by atoms with van der Waals surface area (Å²) in [5, 5.41) is 0. The van der Waals surface area contributed by atoms with Crippen LogP contribution < -0.4 is 5.73 Å². The van der Waals surface area contributed by atoms with Crippen molar-refractivity contribution in [2.75, 3.05) is 13.2 Å². The molecule has 1 saturated carbocycles. The average Bonchev–Trinajstić information content (AvgIpc) is 2.80. The Morgan fingerprint density at radius 2 is 2.08 bits per heavy atom. The fourth-order valence-corrected chi connectivity index (χ4v) is 1.33. The first-order valence-electron chi connectivity index (χ1n) is 5.05. The van der Waals surface area contributed by atoms with Crippen molar-refractivity contribution >= 4 is 0 Å². The fourth-order valence-electron chi connectivity index (χ4n) is 1.33. The zero-order valence-corrected chi connectivity index (χ0v) is 8.25. The van der Waals surface area contributed by atoms with Crippen LogP contribution in [0.25, 0.3) is 0 Å². The van der Waals surface area contributed by atoms with E-state index in [4.69, 9.17) is 10.5 Å². The second-order valence-electron chi connectivity index (χ2n) is 4.12. The van der Waals surface area contributed by atoms with Gasteiger partial charge in [-0.15, -0.1) is 0 Å². The van der Waals surface area contributed by atoms with Crippen molar-refractivity contribution in [2.24, 2.45) is 17.6 Å². The maximum absolute atomic E-state index is 5.68. The third-order valence-electron chi connectivity index (χ3n) is 2.53. The van der Waals surface area contributed by atoms with E-state index in [1.807, 2.05) is 0 Å². The maximum atomic E-state index is 5.68. The Labute approximate surface area is 75.5 Å². The predicted octanol–water partition coefficient (Wildman–Crippen LogP) is 1.79. The van der Waals surface area contributed by atoms with Crippen LogP contribution in [0.5, 0.6) is 0 Å². The molecule has 0 aromatic rings. The standard InChI is InChI=1S/C10H21NO/c1-8(2)10(7-11)12-6-5-9-3-4-9/h8-10H,3-7,11H2,1-2H3. The minimum absolute atomic E-state index is 0.267. The molecule has 1 aliphatic rings. The second-order valence-corrected chi connectivity index (χ2v) is 4.12. The Balaban J connectivity index is 2.01.